The molecule has 1 saturated heterocycles. The Balaban J connectivity index is 1.06. The minimum Gasteiger partial charge on any atom is -0.478 e. The van der Waals surface area contributed by atoms with Gasteiger partial charge in [0.15, 0.2) is 11.4 Å². The lowest BCUT2D eigenvalue weighted by atomic mass is 9.91. The van der Waals surface area contributed by atoms with Crippen molar-refractivity contribution in [2.24, 2.45) is 0 Å². The third kappa shape index (κ3) is 11.4. The third-order valence-electron chi connectivity index (χ3n) is 11.3. The Morgan fingerprint density at radius 2 is 1.52 bits per heavy atom. The number of phosphoric ester groups is 1. The van der Waals surface area contributed by atoms with Gasteiger partial charge in [-0.25, -0.2) is 18.9 Å². The van der Waals surface area contributed by atoms with Crippen LogP contribution < -0.4 is 11.1 Å². The first-order valence-electron chi connectivity index (χ1n) is 20.9. The molecule has 5 rings (SSSR count). The second kappa shape index (κ2) is 21.2. The molecule has 17 heteroatoms. The number of carbonyl (C=O) groups excluding carboxylic acids is 1. The number of fused-ring (bicyclic) bond motifs is 2. The summed E-state index contributed by atoms with van der Waals surface area (Å²) in [4.78, 5) is 39.6. The maximum atomic E-state index is 13.2. The number of carboxylic acid groups (broad SMARTS) is 1. The van der Waals surface area contributed by atoms with Crippen LogP contribution in [0.25, 0.3) is 5.52 Å². The van der Waals surface area contributed by atoms with Gasteiger partial charge in [-0.05, 0) is 37.6 Å². The second-order valence-corrected chi connectivity index (χ2v) is 17.2. The zero-order valence-corrected chi connectivity index (χ0v) is 34.7. The number of nitrogens with two attached hydrogens (primary N) is 1. The van der Waals surface area contributed by atoms with E-state index in [1.165, 1.54) is 112 Å². The van der Waals surface area contributed by atoms with Crippen molar-refractivity contribution in [1.82, 2.24) is 19.9 Å². The standard InChI is InChI=1S/C41H62N5O11P/c1-3-4-5-6-7-8-9-10-11-12-13-14-15-16-17-20-25-54-26-29(45-37(47)30-21-18-19-22-31(30)38(48)49)27-55-58(52,53)57-35-34-41(35,51)39(50)40(2,56-34)33-24-23-32-36(42)43-28-44-46(32)33/h18-19,21-24,28-29,34-35,39,50-51H,3-17,20,25-27H2,1-2H3,(H,45,47)(H,48,49)(H,52,53)(H2,42,43,44)/t29-,34-,35?,39+,40+,41+/m1/s1. The number of aromatic nitrogens is 3. The highest BCUT2D eigenvalue weighted by atomic mass is 31.2. The number of hydrogen-bond acceptors (Lipinski definition) is 12. The summed E-state index contributed by atoms with van der Waals surface area (Å²) in [5.41, 5.74) is 2.92. The smallest absolute Gasteiger partial charge is 0.472 e. The van der Waals surface area contributed by atoms with Crippen LogP contribution in [0.15, 0.2) is 42.7 Å². The summed E-state index contributed by atoms with van der Waals surface area (Å²) in [5, 5.41) is 39.1. The Morgan fingerprint density at radius 3 is 2.09 bits per heavy atom. The lowest BCUT2D eigenvalue weighted by molar-refractivity contribution is -0.126. The molecule has 2 fully saturated rings. The number of ether oxygens (including phenoxy) is 2. The van der Waals surface area contributed by atoms with Gasteiger partial charge in [0.2, 0.25) is 0 Å². The minimum atomic E-state index is -4.92. The summed E-state index contributed by atoms with van der Waals surface area (Å²) in [6.07, 6.45) is 16.9. The van der Waals surface area contributed by atoms with Crippen molar-refractivity contribution in [1.29, 1.82) is 0 Å². The predicted molar refractivity (Wildman–Crippen MR) is 216 cm³/mol. The topological polar surface area (TPSA) is 237 Å². The lowest BCUT2D eigenvalue weighted by Crippen LogP contribution is -2.46. The van der Waals surface area contributed by atoms with Crippen LogP contribution in [-0.4, -0.2) is 96.5 Å². The van der Waals surface area contributed by atoms with Crippen LogP contribution in [0.2, 0.25) is 0 Å². The van der Waals surface area contributed by atoms with E-state index in [9.17, 15) is 34.4 Å². The van der Waals surface area contributed by atoms with Gasteiger partial charge in [-0.15, -0.1) is 0 Å². The van der Waals surface area contributed by atoms with Crippen LogP contribution >= 0.6 is 7.82 Å². The zero-order chi connectivity index (χ0) is 41.8. The van der Waals surface area contributed by atoms with Gasteiger partial charge in [0.05, 0.1) is 36.1 Å². The molecule has 0 spiro atoms. The molecule has 16 nitrogen and oxygen atoms in total. The number of aliphatic hydroxyl groups excluding tert-OH is 1. The Bertz CT molecular complexity index is 1850. The van der Waals surface area contributed by atoms with E-state index in [2.05, 4.69) is 22.3 Å². The van der Waals surface area contributed by atoms with Gasteiger partial charge < -0.3 is 40.7 Å². The molecule has 7 atom stereocenters. The normalized spacial score (nSPS) is 24.1. The van der Waals surface area contributed by atoms with Crippen molar-refractivity contribution in [3.8, 4) is 0 Å². The molecule has 2 aromatic heterocycles. The first kappa shape index (κ1) is 45.6. The van der Waals surface area contributed by atoms with Crippen molar-refractivity contribution in [3.05, 3.63) is 59.5 Å². The maximum absolute atomic E-state index is 13.2. The van der Waals surface area contributed by atoms with Crippen molar-refractivity contribution in [3.63, 3.8) is 0 Å². The number of rotatable bonds is 28. The van der Waals surface area contributed by atoms with Crippen LogP contribution in [0.3, 0.4) is 0 Å². The summed E-state index contributed by atoms with van der Waals surface area (Å²) < 4.78 is 37.1. The molecule has 1 aliphatic carbocycles. The molecule has 0 bridgehead atoms. The second-order valence-electron chi connectivity index (χ2n) is 15.8. The number of nitrogen functional groups attached to an aromatic ring is 1. The van der Waals surface area contributed by atoms with Gasteiger partial charge in [0.1, 0.15) is 35.8 Å². The van der Waals surface area contributed by atoms with E-state index >= 15 is 0 Å². The average molecular weight is 832 g/mol. The first-order chi connectivity index (χ1) is 27.8. The molecule has 1 aliphatic heterocycles. The number of nitrogens with zero attached hydrogens (tertiary/aromatic N) is 3. The van der Waals surface area contributed by atoms with E-state index in [1.54, 1.807) is 19.1 Å². The van der Waals surface area contributed by atoms with Crippen molar-refractivity contribution < 1.29 is 52.9 Å². The molecular weight excluding hydrogens is 769 g/mol. The molecular formula is C41H62N5O11P. The number of carbonyl (C=O) groups is 2. The number of anilines is 1. The van der Waals surface area contributed by atoms with Gasteiger partial charge in [0, 0.05) is 6.61 Å². The monoisotopic (exact) mass is 831 g/mol. The number of aliphatic hydroxyl groups is 2. The third-order valence-corrected chi connectivity index (χ3v) is 12.3. The summed E-state index contributed by atoms with van der Waals surface area (Å²) in [5.74, 6) is -1.83. The predicted octanol–water partition coefficient (Wildman–Crippen LogP) is 6.31. The molecule has 1 aromatic carbocycles. The highest BCUT2D eigenvalue weighted by molar-refractivity contribution is 7.47. The van der Waals surface area contributed by atoms with Gasteiger partial charge in [0.25, 0.3) is 5.91 Å². The van der Waals surface area contributed by atoms with E-state index in [1.807, 2.05) is 0 Å². The van der Waals surface area contributed by atoms with Crippen LogP contribution in [0.5, 0.6) is 0 Å². The molecule has 2 aliphatic rings. The zero-order valence-electron chi connectivity index (χ0n) is 33.8. The number of phosphoric acid groups is 1. The summed E-state index contributed by atoms with van der Waals surface area (Å²) in [7, 11) is -4.92. The molecule has 2 unspecified atom stereocenters. The van der Waals surface area contributed by atoms with Crippen molar-refractivity contribution in [2.45, 2.75) is 152 Å². The van der Waals surface area contributed by atoms with Crippen LogP contribution in [0, 0.1) is 0 Å². The number of carboxylic acids is 1. The summed E-state index contributed by atoms with van der Waals surface area (Å²) >= 11 is 0. The van der Waals surface area contributed by atoms with Gasteiger partial charge in [-0.2, -0.15) is 5.10 Å². The Morgan fingerprint density at radius 1 is 0.931 bits per heavy atom. The van der Waals surface area contributed by atoms with E-state index in [-0.39, 0.29) is 23.6 Å². The van der Waals surface area contributed by atoms with Gasteiger partial charge in [-0.1, -0.05) is 115 Å². The van der Waals surface area contributed by atoms with Crippen molar-refractivity contribution >= 4 is 31.0 Å². The summed E-state index contributed by atoms with van der Waals surface area (Å²) in [6, 6.07) is 7.96. The minimum absolute atomic E-state index is 0.102. The maximum Gasteiger partial charge on any atom is 0.472 e. The highest BCUT2D eigenvalue weighted by Gasteiger charge is 2.82. The number of benzene rings is 1. The number of hydrogen-bond donors (Lipinski definition) is 6. The number of unbranched alkanes of at least 4 members (excludes halogenated alkanes) is 15. The Hall–Kier alpha value is -3.47. The molecule has 7 N–H and O–H groups in total. The fraction of sp³-hybridized carbons (Fsp3) is 0.659. The van der Waals surface area contributed by atoms with Crippen molar-refractivity contribution in [2.75, 3.05) is 25.6 Å². The van der Waals surface area contributed by atoms with Crippen LogP contribution in [0.1, 0.15) is 143 Å². The molecule has 1 saturated carbocycles. The van der Waals surface area contributed by atoms with Gasteiger partial charge in [-0.3, -0.25) is 13.8 Å². The van der Waals surface area contributed by atoms with Crippen LogP contribution in [0.4, 0.5) is 5.82 Å². The number of amides is 1. The van der Waals surface area contributed by atoms with Gasteiger partial charge >= 0.3 is 13.8 Å². The number of aromatic carboxylic acids is 1. The average Bonchev–Trinajstić information content (AvgIpc) is 3.44. The van der Waals surface area contributed by atoms with E-state index in [0.717, 1.165) is 25.7 Å². The van der Waals surface area contributed by atoms with E-state index in [4.69, 9.17) is 24.3 Å². The molecule has 3 aromatic rings. The number of nitrogens with one attached hydrogen (secondary N) is 1. The fourth-order valence-electron chi connectivity index (χ4n) is 7.83. The molecule has 322 valence electrons. The Labute approximate surface area is 340 Å². The quantitative estimate of drug-likeness (QED) is 0.0348. The van der Waals surface area contributed by atoms with Crippen LogP contribution in [-0.2, 0) is 28.7 Å². The fourth-order valence-corrected chi connectivity index (χ4v) is 8.83. The first-order valence-corrected chi connectivity index (χ1v) is 22.4. The van der Waals surface area contributed by atoms with E-state index in [0.29, 0.717) is 17.8 Å². The lowest BCUT2D eigenvalue weighted by Gasteiger charge is -2.32. The molecule has 1 amide bonds. The summed E-state index contributed by atoms with van der Waals surface area (Å²) in [6.45, 7) is 3.52. The molecule has 0 radical (unpaired) electrons. The SMILES string of the molecule is CCCCCCCCCCCCCCCCCCOC[C@H](COP(=O)(O)OC1[C@H]2O[C@@](C)(c3ccc4c(N)ncnn34)[C@H](O)[C@@]12O)NC(=O)c1ccccc1C(=O)O. The molecule has 58 heavy (non-hydrogen) atoms. The Kier molecular flexibility index (Phi) is 16.6. The largest absolute Gasteiger partial charge is 0.478 e. The highest BCUT2D eigenvalue weighted by Crippen LogP contribution is 2.63. The molecule has 3 heterocycles. The van der Waals surface area contributed by atoms with E-state index < -0.39 is 61.9 Å².